The molecule has 1 aromatic rings. The Morgan fingerprint density at radius 3 is 2.40 bits per heavy atom. The first-order valence-electron chi connectivity index (χ1n) is 2.92. The number of aromatic nitrogens is 1. The monoisotopic (exact) mass is 140 g/mol. The molecule has 0 aromatic carbocycles. The van der Waals surface area contributed by atoms with Crippen LogP contribution in [0.1, 0.15) is 11.3 Å². The first-order chi connectivity index (χ1) is 4.61. The normalized spacial score (nSPS) is 9.80. The second-order valence-electron chi connectivity index (χ2n) is 2.22. The summed E-state index contributed by atoms with van der Waals surface area (Å²) in [5, 5.41) is 10.1. The smallest absolute Gasteiger partial charge is 0.321 e. The first-order valence-corrected chi connectivity index (χ1v) is 2.92. The lowest BCUT2D eigenvalue weighted by Gasteiger charge is -1.85. The van der Waals surface area contributed by atoms with E-state index >= 15 is 0 Å². The summed E-state index contributed by atoms with van der Waals surface area (Å²) in [5.74, 6) is 0.0648. The summed E-state index contributed by atoms with van der Waals surface area (Å²) in [4.78, 5) is 12.4. The van der Waals surface area contributed by atoms with Crippen molar-refractivity contribution in [3.63, 3.8) is 0 Å². The molecule has 0 saturated carbocycles. The van der Waals surface area contributed by atoms with E-state index in [1.807, 2.05) is 13.8 Å². The minimum atomic E-state index is -0.431. The van der Waals surface area contributed by atoms with Gasteiger partial charge < -0.3 is 10.1 Å². The Kier molecular flexibility index (Phi) is 1.45. The van der Waals surface area contributed by atoms with Gasteiger partial charge in [0.05, 0.1) is 0 Å². The van der Waals surface area contributed by atoms with Crippen LogP contribution in [0.4, 0.5) is 5.82 Å². The van der Waals surface area contributed by atoms with E-state index < -0.39 is 4.92 Å². The van der Waals surface area contributed by atoms with E-state index in [2.05, 4.69) is 4.98 Å². The first kappa shape index (κ1) is 6.80. The van der Waals surface area contributed by atoms with Crippen molar-refractivity contribution in [2.75, 3.05) is 0 Å². The average molecular weight is 140 g/mol. The van der Waals surface area contributed by atoms with Gasteiger partial charge in [0.15, 0.2) is 0 Å². The third-order valence-electron chi connectivity index (χ3n) is 1.46. The molecule has 0 unspecified atom stereocenters. The van der Waals surface area contributed by atoms with Gasteiger partial charge in [0.2, 0.25) is 0 Å². The summed E-state index contributed by atoms with van der Waals surface area (Å²) < 4.78 is 0. The molecule has 0 bridgehead atoms. The molecule has 10 heavy (non-hydrogen) atoms. The molecule has 0 amide bonds. The van der Waals surface area contributed by atoms with Crippen LogP contribution in [0.3, 0.4) is 0 Å². The quantitative estimate of drug-likeness (QED) is 0.475. The number of rotatable bonds is 1. The van der Waals surface area contributed by atoms with Crippen molar-refractivity contribution in [1.82, 2.24) is 4.98 Å². The van der Waals surface area contributed by atoms with Crippen molar-refractivity contribution in [2.45, 2.75) is 13.8 Å². The van der Waals surface area contributed by atoms with Gasteiger partial charge >= 0.3 is 5.82 Å². The summed E-state index contributed by atoms with van der Waals surface area (Å²) in [6, 6.07) is 1.52. The Hall–Kier alpha value is -1.32. The maximum absolute atomic E-state index is 10.1. The van der Waals surface area contributed by atoms with Crippen LogP contribution in [0.2, 0.25) is 0 Å². The lowest BCUT2D eigenvalue weighted by molar-refractivity contribution is -0.389. The molecule has 1 N–H and O–H groups in total. The predicted molar refractivity (Wildman–Crippen MR) is 36.9 cm³/mol. The minimum Gasteiger partial charge on any atom is -0.358 e. The van der Waals surface area contributed by atoms with E-state index in [1.54, 1.807) is 0 Å². The summed E-state index contributed by atoms with van der Waals surface area (Å²) >= 11 is 0. The molecule has 54 valence electrons. The Morgan fingerprint density at radius 2 is 2.20 bits per heavy atom. The van der Waals surface area contributed by atoms with Gasteiger partial charge in [-0.2, -0.15) is 0 Å². The van der Waals surface area contributed by atoms with E-state index in [-0.39, 0.29) is 5.82 Å². The van der Waals surface area contributed by atoms with Gasteiger partial charge in [0.25, 0.3) is 0 Å². The lowest BCUT2D eigenvalue weighted by Crippen LogP contribution is -1.86. The number of hydrogen-bond donors (Lipinski definition) is 1. The van der Waals surface area contributed by atoms with Crippen LogP contribution in [0.25, 0.3) is 0 Å². The van der Waals surface area contributed by atoms with Crippen molar-refractivity contribution in [2.24, 2.45) is 0 Å². The molecule has 4 heteroatoms. The second-order valence-corrected chi connectivity index (χ2v) is 2.22. The Labute approximate surface area is 58.0 Å². The second kappa shape index (κ2) is 2.13. The summed E-state index contributed by atoms with van der Waals surface area (Å²) in [6.07, 6.45) is 0. The van der Waals surface area contributed by atoms with E-state index in [0.717, 1.165) is 11.3 Å². The van der Waals surface area contributed by atoms with E-state index in [1.165, 1.54) is 6.07 Å². The van der Waals surface area contributed by atoms with E-state index in [9.17, 15) is 10.1 Å². The van der Waals surface area contributed by atoms with Crippen molar-refractivity contribution in [3.05, 3.63) is 27.4 Å². The molecule has 0 saturated heterocycles. The molecule has 0 radical (unpaired) electrons. The number of nitro groups is 1. The van der Waals surface area contributed by atoms with E-state index in [0.29, 0.717) is 0 Å². The van der Waals surface area contributed by atoms with Gasteiger partial charge in [0.1, 0.15) is 5.69 Å². The van der Waals surface area contributed by atoms with Crippen LogP contribution in [-0.2, 0) is 0 Å². The highest BCUT2D eigenvalue weighted by Gasteiger charge is 2.08. The van der Waals surface area contributed by atoms with Crippen molar-refractivity contribution in [1.29, 1.82) is 0 Å². The predicted octanol–water partition coefficient (Wildman–Crippen LogP) is 1.54. The fraction of sp³-hybridized carbons (Fsp3) is 0.333. The van der Waals surface area contributed by atoms with Gasteiger partial charge in [-0.15, -0.1) is 0 Å². The summed E-state index contributed by atoms with van der Waals surface area (Å²) in [5.41, 5.74) is 1.78. The Bertz CT molecular complexity index is 245. The van der Waals surface area contributed by atoms with Crippen LogP contribution in [-0.4, -0.2) is 9.91 Å². The molecule has 1 heterocycles. The minimum absolute atomic E-state index is 0.0648. The SMILES string of the molecule is Cc1cc([N+](=O)[O-])[nH]c1C. The molecule has 0 aliphatic carbocycles. The molecule has 0 fully saturated rings. The maximum Gasteiger partial charge on any atom is 0.321 e. The number of aromatic amines is 1. The van der Waals surface area contributed by atoms with Gasteiger partial charge in [-0.1, -0.05) is 0 Å². The molecule has 1 aromatic heterocycles. The average Bonchev–Trinajstić information content (AvgIpc) is 2.13. The van der Waals surface area contributed by atoms with Crippen LogP contribution in [0.15, 0.2) is 6.07 Å². The summed E-state index contributed by atoms with van der Waals surface area (Å²) in [6.45, 7) is 3.64. The third kappa shape index (κ3) is 1.00. The molecular formula is C6H8N2O2. The molecule has 0 aliphatic rings. The van der Waals surface area contributed by atoms with Crippen LogP contribution >= 0.6 is 0 Å². The van der Waals surface area contributed by atoms with Crippen molar-refractivity contribution in [3.8, 4) is 0 Å². The number of aryl methyl sites for hydroxylation is 2. The van der Waals surface area contributed by atoms with Gasteiger partial charge in [-0.25, -0.2) is 4.98 Å². The number of H-pyrrole nitrogens is 1. The van der Waals surface area contributed by atoms with Gasteiger partial charge in [0, 0.05) is 6.07 Å². The fourth-order valence-corrected chi connectivity index (χ4v) is 0.738. The zero-order valence-electron chi connectivity index (χ0n) is 5.84. The Balaban J connectivity index is 3.10. The van der Waals surface area contributed by atoms with Crippen molar-refractivity contribution < 1.29 is 4.92 Å². The zero-order chi connectivity index (χ0) is 7.72. The van der Waals surface area contributed by atoms with E-state index in [4.69, 9.17) is 0 Å². The van der Waals surface area contributed by atoms with Crippen LogP contribution in [0.5, 0.6) is 0 Å². The van der Waals surface area contributed by atoms with Crippen LogP contribution < -0.4 is 0 Å². The molecule has 0 aliphatic heterocycles. The zero-order valence-corrected chi connectivity index (χ0v) is 5.84. The Morgan fingerprint density at radius 1 is 1.60 bits per heavy atom. The molecule has 0 spiro atoms. The number of nitrogens with one attached hydrogen (secondary N) is 1. The largest absolute Gasteiger partial charge is 0.358 e. The number of hydrogen-bond acceptors (Lipinski definition) is 2. The standard InChI is InChI=1S/C6H8N2O2/c1-4-3-6(8(9)10)7-5(4)2/h3,7H,1-2H3. The topological polar surface area (TPSA) is 58.9 Å². The molecular weight excluding hydrogens is 132 g/mol. The third-order valence-corrected chi connectivity index (χ3v) is 1.46. The number of nitrogens with zero attached hydrogens (tertiary/aromatic N) is 1. The highest BCUT2D eigenvalue weighted by Crippen LogP contribution is 2.14. The van der Waals surface area contributed by atoms with Gasteiger partial charge in [-0.05, 0) is 24.3 Å². The van der Waals surface area contributed by atoms with Crippen molar-refractivity contribution >= 4 is 5.82 Å². The molecule has 0 atom stereocenters. The highest BCUT2D eigenvalue weighted by atomic mass is 16.6. The van der Waals surface area contributed by atoms with Crippen LogP contribution in [0, 0.1) is 24.0 Å². The fourth-order valence-electron chi connectivity index (χ4n) is 0.738. The summed E-state index contributed by atoms with van der Waals surface area (Å²) in [7, 11) is 0. The molecule has 4 nitrogen and oxygen atoms in total. The highest BCUT2D eigenvalue weighted by molar-refractivity contribution is 5.31. The maximum atomic E-state index is 10.1. The lowest BCUT2D eigenvalue weighted by atomic mass is 10.3. The molecule has 1 rings (SSSR count). The van der Waals surface area contributed by atoms with Gasteiger partial charge in [-0.3, -0.25) is 0 Å².